The Balaban J connectivity index is 1.80. The van der Waals surface area contributed by atoms with Crippen molar-refractivity contribution in [3.8, 4) is 5.75 Å². The first-order valence-electron chi connectivity index (χ1n) is 8.87. The topological polar surface area (TPSA) is 49.9 Å². The predicted octanol–water partition coefficient (Wildman–Crippen LogP) is 3.20. The van der Waals surface area contributed by atoms with Gasteiger partial charge in [-0.1, -0.05) is 24.9 Å². The monoisotopic (exact) mass is 366 g/mol. The SMILES string of the molecule is CCCCC(=O)N1CCN(C(=O)COc2cc(C)c(Cl)c(C)c2)CC1. The molecule has 25 heavy (non-hydrogen) atoms. The molecule has 0 spiro atoms. The minimum absolute atomic E-state index is 0.00426. The van der Waals surface area contributed by atoms with Gasteiger partial charge in [0.15, 0.2) is 6.61 Å². The predicted molar refractivity (Wildman–Crippen MR) is 99.1 cm³/mol. The van der Waals surface area contributed by atoms with Crippen molar-refractivity contribution in [2.45, 2.75) is 40.0 Å². The van der Waals surface area contributed by atoms with Crippen LogP contribution in [0.25, 0.3) is 0 Å². The fourth-order valence-electron chi connectivity index (χ4n) is 2.92. The Labute approximate surface area is 154 Å². The third kappa shape index (κ3) is 5.36. The molecule has 1 fully saturated rings. The lowest BCUT2D eigenvalue weighted by molar-refractivity contribution is -0.140. The Hall–Kier alpha value is -1.75. The van der Waals surface area contributed by atoms with E-state index in [1.165, 1.54) is 0 Å². The van der Waals surface area contributed by atoms with Crippen molar-refractivity contribution >= 4 is 23.4 Å². The van der Waals surface area contributed by atoms with Crippen molar-refractivity contribution < 1.29 is 14.3 Å². The minimum Gasteiger partial charge on any atom is -0.484 e. The van der Waals surface area contributed by atoms with Gasteiger partial charge in [0.05, 0.1) is 0 Å². The van der Waals surface area contributed by atoms with E-state index < -0.39 is 0 Å². The molecule has 1 aliphatic heterocycles. The number of benzene rings is 1. The first kappa shape index (κ1) is 19.6. The summed E-state index contributed by atoms with van der Waals surface area (Å²) in [5.41, 5.74) is 1.87. The lowest BCUT2D eigenvalue weighted by Crippen LogP contribution is -2.51. The van der Waals surface area contributed by atoms with E-state index in [9.17, 15) is 9.59 Å². The van der Waals surface area contributed by atoms with Crippen LogP contribution < -0.4 is 4.74 Å². The minimum atomic E-state index is -0.0501. The van der Waals surface area contributed by atoms with Gasteiger partial charge in [-0.25, -0.2) is 0 Å². The van der Waals surface area contributed by atoms with Crippen LogP contribution in [0.3, 0.4) is 0 Å². The summed E-state index contributed by atoms with van der Waals surface area (Å²) in [7, 11) is 0. The van der Waals surface area contributed by atoms with Gasteiger partial charge in [0.25, 0.3) is 5.91 Å². The molecular weight excluding hydrogens is 340 g/mol. The molecule has 1 aromatic carbocycles. The summed E-state index contributed by atoms with van der Waals surface area (Å²) in [5.74, 6) is 0.796. The van der Waals surface area contributed by atoms with Crippen molar-refractivity contribution in [3.05, 3.63) is 28.3 Å². The second-order valence-corrected chi connectivity index (χ2v) is 6.90. The number of carbonyl (C=O) groups excluding carboxylic acids is 2. The maximum Gasteiger partial charge on any atom is 0.260 e. The molecule has 1 heterocycles. The largest absolute Gasteiger partial charge is 0.484 e. The number of carbonyl (C=O) groups is 2. The zero-order chi connectivity index (χ0) is 18.4. The molecule has 6 heteroatoms. The number of piperazine rings is 1. The van der Waals surface area contributed by atoms with Crippen LogP contribution in [0.1, 0.15) is 37.3 Å². The molecule has 1 aromatic rings. The van der Waals surface area contributed by atoms with Crippen molar-refractivity contribution in [2.24, 2.45) is 0 Å². The molecule has 138 valence electrons. The molecule has 0 saturated carbocycles. The molecule has 0 aromatic heterocycles. The molecule has 2 amide bonds. The second-order valence-electron chi connectivity index (χ2n) is 6.52. The quantitative estimate of drug-likeness (QED) is 0.776. The molecule has 0 unspecified atom stereocenters. The highest BCUT2D eigenvalue weighted by atomic mass is 35.5. The summed E-state index contributed by atoms with van der Waals surface area (Å²) in [6, 6.07) is 3.68. The molecule has 0 aliphatic carbocycles. The number of unbranched alkanes of at least 4 members (excludes halogenated alkanes) is 1. The van der Waals surface area contributed by atoms with Crippen LogP contribution >= 0.6 is 11.6 Å². The van der Waals surface area contributed by atoms with E-state index in [0.29, 0.717) is 38.3 Å². The van der Waals surface area contributed by atoms with Crippen LogP contribution in [0.5, 0.6) is 5.75 Å². The van der Waals surface area contributed by atoms with Crippen molar-refractivity contribution in [1.82, 2.24) is 9.80 Å². The Morgan fingerprint density at radius 2 is 1.56 bits per heavy atom. The zero-order valence-corrected chi connectivity index (χ0v) is 16.1. The fourth-order valence-corrected chi connectivity index (χ4v) is 3.03. The summed E-state index contributed by atoms with van der Waals surface area (Å²) in [6.45, 7) is 8.26. The molecular formula is C19H27ClN2O3. The van der Waals surface area contributed by atoms with Gasteiger partial charge in [0.2, 0.25) is 5.91 Å². The molecule has 0 radical (unpaired) electrons. The standard InChI is InChI=1S/C19H27ClN2O3/c1-4-5-6-17(23)21-7-9-22(10-8-21)18(24)13-25-16-11-14(2)19(20)15(3)12-16/h11-12H,4-10,13H2,1-3H3. The average Bonchev–Trinajstić information content (AvgIpc) is 2.62. The van der Waals surface area contributed by atoms with Crippen LogP contribution in [0.15, 0.2) is 12.1 Å². The van der Waals surface area contributed by atoms with Gasteiger partial charge in [-0.05, 0) is 43.5 Å². The van der Waals surface area contributed by atoms with Gasteiger partial charge >= 0.3 is 0 Å². The zero-order valence-electron chi connectivity index (χ0n) is 15.3. The Bertz CT molecular complexity index is 602. The van der Waals surface area contributed by atoms with Crippen LogP contribution in [0, 0.1) is 13.8 Å². The summed E-state index contributed by atoms with van der Waals surface area (Å²) in [5, 5.41) is 0.725. The lowest BCUT2D eigenvalue weighted by atomic mass is 10.1. The van der Waals surface area contributed by atoms with Crippen LogP contribution in [0.4, 0.5) is 0 Å². The molecule has 1 saturated heterocycles. The molecule has 0 atom stereocenters. The van der Waals surface area contributed by atoms with E-state index in [-0.39, 0.29) is 18.4 Å². The van der Waals surface area contributed by atoms with E-state index in [4.69, 9.17) is 16.3 Å². The first-order valence-corrected chi connectivity index (χ1v) is 9.25. The number of hydrogen-bond acceptors (Lipinski definition) is 3. The lowest BCUT2D eigenvalue weighted by Gasteiger charge is -2.34. The number of ether oxygens (including phenoxy) is 1. The maximum atomic E-state index is 12.3. The highest BCUT2D eigenvalue weighted by Crippen LogP contribution is 2.25. The number of amides is 2. The highest BCUT2D eigenvalue weighted by molar-refractivity contribution is 6.32. The van der Waals surface area contributed by atoms with Crippen molar-refractivity contribution in [3.63, 3.8) is 0 Å². The van der Waals surface area contributed by atoms with Crippen molar-refractivity contribution in [2.75, 3.05) is 32.8 Å². The van der Waals surface area contributed by atoms with E-state index >= 15 is 0 Å². The van der Waals surface area contributed by atoms with E-state index in [1.54, 1.807) is 4.90 Å². The van der Waals surface area contributed by atoms with Crippen LogP contribution in [0.2, 0.25) is 5.02 Å². The Morgan fingerprint density at radius 3 is 2.08 bits per heavy atom. The summed E-state index contributed by atoms with van der Waals surface area (Å²) in [6.07, 6.45) is 2.54. The van der Waals surface area contributed by atoms with E-state index in [0.717, 1.165) is 29.0 Å². The van der Waals surface area contributed by atoms with Gasteiger partial charge in [-0.2, -0.15) is 0 Å². The third-order valence-corrected chi connectivity index (χ3v) is 5.10. The van der Waals surface area contributed by atoms with E-state index in [1.807, 2.05) is 30.9 Å². The van der Waals surface area contributed by atoms with Gasteiger partial charge in [-0.15, -0.1) is 0 Å². The molecule has 0 bridgehead atoms. The number of rotatable bonds is 6. The van der Waals surface area contributed by atoms with Crippen molar-refractivity contribution in [1.29, 1.82) is 0 Å². The summed E-state index contributed by atoms with van der Waals surface area (Å²) >= 11 is 6.14. The number of nitrogens with zero attached hydrogens (tertiary/aromatic N) is 2. The molecule has 2 rings (SSSR count). The molecule has 5 nitrogen and oxygen atoms in total. The van der Waals surface area contributed by atoms with Gasteiger partial charge in [-0.3, -0.25) is 9.59 Å². The average molecular weight is 367 g/mol. The smallest absolute Gasteiger partial charge is 0.260 e. The van der Waals surface area contributed by atoms with E-state index in [2.05, 4.69) is 6.92 Å². The number of halogens is 1. The summed E-state index contributed by atoms with van der Waals surface area (Å²) in [4.78, 5) is 28.0. The Kier molecular flexibility index (Phi) is 7.12. The second kappa shape index (κ2) is 9.09. The van der Waals surface area contributed by atoms with Gasteiger partial charge < -0.3 is 14.5 Å². The Morgan fingerprint density at radius 1 is 1.04 bits per heavy atom. The number of aryl methyl sites for hydroxylation is 2. The van der Waals surface area contributed by atoms with Crippen LogP contribution in [-0.2, 0) is 9.59 Å². The maximum absolute atomic E-state index is 12.3. The number of hydrogen-bond donors (Lipinski definition) is 0. The van der Waals surface area contributed by atoms with Gasteiger partial charge in [0.1, 0.15) is 5.75 Å². The highest BCUT2D eigenvalue weighted by Gasteiger charge is 2.24. The molecule has 1 aliphatic rings. The van der Waals surface area contributed by atoms with Crippen LogP contribution in [-0.4, -0.2) is 54.4 Å². The van der Waals surface area contributed by atoms with Gasteiger partial charge in [0, 0.05) is 37.6 Å². The molecule has 0 N–H and O–H groups in total. The normalized spacial score (nSPS) is 14.6. The summed E-state index contributed by atoms with van der Waals surface area (Å²) < 4.78 is 5.63. The first-order chi connectivity index (χ1) is 11.9. The fraction of sp³-hybridized carbons (Fsp3) is 0.579. The third-order valence-electron chi connectivity index (χ3n) is 4.50.